The van der Waals surface area contributed by atoms with E-state index in [-0.39, 0.29) is 9.90 Å². The molecule has 0 saturated heterocycles. The molecule has 2 rings (SSSR count). The molecule has 92 valence electrons. The highest BCUT2D eigenvalue weighted by Gasteiger charge is 2.52. The minimum absolute atomic E-state index is 0.266. The summed E-state index contributed by atoms with van der Waals surface area (Å²) in [5.74, 6) is -1.49. The van der Waals surface area contributed by atoms with Crippen LogP contribution in [0.25, 0.3) is 0 Å². The predicted molar refractivity (Wildman–Crippen MR) is 69.1 cm³/mol. The molecule has 1 heterocycles. The second-order valence-electron chi connectivity index (χ2n) is 3.67. The number of hydrogen-bond acceptors (Lipinski definition) is 3. The Bertz CT molecular complexity index is 513. The Balaban J connectivity index is 2.21. The first-order valence-corrected chi connectivity index (χ1v) is 6.93. The highest BCUT2D eigenvalue weighted by molar-refractivity contribution is 9.10. The number of carboxylic acid groups (broad SMARTS) is 1. The van der Waals surface area contributed by atoms with Crippen LogP contribution in [0, 0.1) is 0 Å². The van der Waals surface area contributed by atoms with Crippen LogP contribution in [0.1, 0.15) is 22.5 Å². The molecule has 8 heteroatoms. The van der Waals surface area contributed by atoms with E-state index < -0.39 is 17.4 Å². The molecule has 1 aromatic rings. The highest BCUT2D eigenvalue weighted by atomic mass is 79.9. The lowest BCUT2D eigenvalue weighted by Crippen LogP contribution is -2.42. The normalized spacial score (nSPS) is 16.6. The first kappa shape index (κ1) is 13.1. The first-order chi connectivity index (χ1) is 7.87. The van der Waals surface area contributed by atoms with Crippen molar-refractivity contribution in [2.45, 2.75) is 18.4 Å². The number of aliphatic carboxylic acids is 1. The van der Waals surface area contributed by atoms with E-state index in [2.05, 4.69) is 21.2 Å². The number of hydrogen-bond donors (Lipinski definition) is 2. The first-order valence-electron chi connectivity index (χ1n) is 4.56. The predicted octanol–water partition coefficient (Wildman–Crippen LogP) is 3.16. The van der Waals surface area contributed by atoms with Gasteiger partial charge < -0.3 is 10.4 Å². The molecule has 0 bridgehead atoms. The molecule has 1 saturated carbocycles. The molecule has 0 radical (unpaired) electrons. The maximum atomic E-state index is 11.9. The molecular weight excluding hydrogens is 353 g/mol. The second-order valence-corrected chi connectivity index (χ2v) is 6.47. The molecule has 2 N–H and O–H groups in total. The van der Waals surface area contributed by atoms with Gasteiger partial charge in [0.25, 0.3) is 5.91 Å². The van der Waals surface area contributed by atoms with Gasteiger partial charge in [-0.2, -0.15) is 0 Å². The number of carboxylic acids is 1. The third-order valence-electron chi connectivity index (χ3n) is 2.47. The number of halogens is 3. The van der Waals surface area contributed by atoms with Crippen molar-refractivity contribution in [3.05, 3.63) is 18.7 Å². The Kier molecular flexibility index (Phi) is 3.42. The van der Waals surface area contributed by atoms with E-state index in [1.807, 2.05) is 0 Å². The summed E-state index contributed by atoms with van der Waals surface area (Å²) >= 11 is 15.8. The zero-order valence-electron chi connectivity index (χ0n) is 8.22. The quantitative estimate of drug-likeness (QED) is 0.872. The number of rotatable bonds is 3. The smallest absolute Gasteiger partial charge is 0.329 e. The van der Waals surface area contributed by atoms with Gasteiger partial charge in [0.2, 0.25) is 0 Å². The minimum atomic E-state index is -1.11. The molecule has 1 aliphatic carbocycles. The van der Waals surface area contributed by atoms with Crippen LogP contribution in [0.3, 0.4) is 0 Å². The molecular formula is C9H6BrCl2NO3S. The summed E-state index contributed by atoms with van der Waals surface area (Å²) in [6.45, 7) is 0. The number of carbonyl (C=O) groups excluding carboxylic acids is 1. The molecule has 1 aromatic heterocycles. The van der Waals surface area contributed by atoms with Crippen LogP contribution in [0.4, 0.5) is 0 Å². The van der Waals surface area contributed by atoms with Gasteiger partial charge in [0.15, 0.2) is 0 Å². The lowest BCUT2D eigenvalue weighted by Gasteiger charge is -2.11. The van der Waals surface area contributed by atoms with Crippen molar-refractivity contribution >= 4 is 62.3 Å². The largest absolute Gasteiger partial charge is 0.480 e. The summed E-state index contributed by atoms with van der Waals surface area (Å²) in [4.78, 5) is 23.1. The van der Waals surface area contributed by atoms with Crippen molar-refractivity contribution < 1.29 is 14.7 Å². The van der Waals surface area contributed by atoms with Crippen molar-refractivity contribution in [3.63, 3.8) is 0 Å². The molecule has 0 atom stereocenters. The molecule has 4 nitrogen and oxygen atoms in total. The second kappa shape index (κ2) is 4.42. The highest BCUT2D eigenvalue weighted by Crippen LogP contribution is 2.42. The number of carbonyl (C=O) groups is 2. The molecule has 0 unspecified atom stereocenters. The Morgan fingerprint density at radius 2 is 2.00 bits per heavy atom. The van der Waals surface area contributed by atoms with Crippen molar-refractivity contribution in [1.29, 1.82) is 0 Å². The molecule has 1 amide bonds. The summed E-state index contributed by atoms with van der Waals surface area (Å²) in [6, 6.07) is 0. The van der Waals surface area contributed by atoms with Gasteiger partial charge in [0, 0.05) is 0 Å². The average molecular weight is 359 g/mol. The fourth-order valence-corrected chi connectivity index (χ4v) is 3.47. The SMILES string of the molecule is O=C(NC1(C(=O)O)CC1)c1sc(Cl)c(Cl)c1Br. The van der Waals surface area contributed by atoms with Gasteiger partial charge in [-0.15, -0.1) is 11.3 Å². The Morgan fingerprint density at radius 3 is 2.35 bits per heavy atom. The van der Waals surface area contributed by atoms with Crippen molar-refractivity contribution in [3.8, 4) is 0 Å². The molecule has 1 fully saturated rings. The van der Waals surface area contributed by atoms with E-state index in [9.17, 15) is 9.59 Å². The van der Waals surface area contributed by atoms with E-state index in [1.54, 1.807) is 0 Å². The summed E-state index contributed by atoms with van der Waals surface area (Å²) in [5, 5.41) is 11.7. The summed E-state index contributed by atoms with van der Waals surface area (Å²) < 4.78 is 0.691. The van der Waals surface area contributed by atoms with Gasteiger partial charge >= 0.3 is 5.97 Å². The van der Waals surface area contributed by atoms with Gasteiger partial charge in [0.05, 0.1) is 9.50 Å². The number of amides is 1. The standard InChI is InChI=1S/C9H6BrCl2NO3S/c10-3-4(11)6(12)17-5(3)7(14)13-9(1-2-9)8(15)16/h1-2H2,(H,13,14)(H,15,16). The van der Waals surface area contributed by atoms with E-state index in [4.69, 9.17) is 28.3 Å². The van der Waals surface area contributed by atoms with Crippen LogP contribution >= 0.6 is 50.5 Å². The Hall–Kier alpha value is -0.300. The van der Waals surface area contributed by atoms with Crippen LogP contribution in [-0.4, -0.2) is 22.5 Å². The average Bonchev–Trinajstić information content (AvgIpc) is 2.99. The van der Waals surface area contributed by atoms with Crippen molar-refractivity contribution in [1.82, 2.24) is 5.32 Å². The maximum Gasteiger partial charge on any atom is 0.329 e. The van der Waals surface area contributed by atoms with Gasteiger partial charge in [-0.25, -0.2) is 4.79 Å². The number of thiophene rings is 1. The zero-order valence-corrected chi connectivity index (χ0v) is 12.1. The Morgan fingerprint density at radius 1 is 1.41 bits per heavy atom. The minimum Gasteiger partial charge on any atom is -0.480 e. The summed E-state index contributed by atoms with van der Waals surface area (Å²) in [7, 11) is 0. The van der Waals surface area contributed by atoms with Crippen molar-refractivity contribution in [2.24, 2.45) is 0 Å². The monoisotopic (exact) mass is 357 g/mol. The van der Waals surface area contributed by atoms with Crippen LogP contribution in [0.15, 0.2) is 4.47 Å². The van der Waals surface area contributed by atoms with Gasteiger partial charge in [-0.05, 0) is 28.8 Å². The van der Waals surface area contributed by atoms with Crippen LogP contribution in [-0.2, 0) is 4.79 Å². The third-order valence-corrected chi connectivity index (χ3v) is 5.74. The van der Waals surface area contributed by atoms with Crippen LogP contribution in [0.5, 0.6) is 0 Å². The maximum absolute atomic E-state index is 11.9. The van der Waals surface area contributed by atoms with E-state index in [1.165, 1.54) is 0 Å². The topological polar surface area (TPSA) is 66.4 Å². The van der Waals surface area contributed by atoms with E-state index in [0.717, 1.165) is 11.3 Å². The lowest BCUT2D eigenvalue weighted by atomic mass is 10.2. The van der Waals surface area contributed by atoms with Gasteiger partial charge in [-0.3, -0.25) is 4.79 Å². The lowest BCUT2D eigenvalue weighted by molar-refractivity contribution is -0.140. The van der Waals surface area contributed by atoms with E-state index in [0.29, 0.717) is 21.7 Å². The van der Waals surface area contributed by atoms with E-state index >= 15 is 0 Å². The molecule has 0 aromatic carbocycles. The summed E-state index contributed by atoms with van der Waals surface area (Å²) in [5.41, 5.74) is -1.11. The molecule has 0 aliphatic heterocycles. The van der Waals surface area contributed by atoms with Gasteiger partial charge in [0.1, 0.15) is 14.8 Å². The Labute approximate surface area is 119 Å². The fraction of sp³-hybridized carbons (Fsp3) is 0.333. The molecule has 1 aliphatic rings. The van der Waals surface area contributed by atoms with Gasteiger partial charge in [-0.1, -0.05) is 23.2 Å². The molecule has 17 heavy (non-hydrogen) atoms. The van der Waals surface area contributed by atoms with Crippen LogP contribution < -0.4 is 5.32 Å². The van der Waals surface area contributed by atoms with Crippen LogP contribution in [0.2, 0.25) is 9.36 Å². The zero-order chi connectivity index (χ0) is 12.8. The third kappa shape index (κ3) is 2.31. The molecule has 0 spiro atoms. The fourth-order valence-electron chi connectivity index (χ4n) is 1.30. The summed E-state index contributed by atoms with van der Waals surface area (Å²) in [6.07, 6.45) is 0.886. The van der Waals surface area contributed by atoms with Crippen molar-refractivity contribution in [2.75, 3.05) is 0 Å². The number of nitrogens with one attached hydrogen (secondary N) is 1.